The highest BCUT2D eigenvalue weighted by molar-refractivity contribution is 6.45. The van der Waals surface area contributed by atoms with Crippen LogP contribution in [-0.4, -0.2) is 30.3 Å². The number of hydrogen-bond acceptors (Lipinski definition) is 3. The van der Waals surface area contributed by atoms with Crippen molar-refractivity contribution in [2.24, 2.45) is 0 Å². The van der Waals surface area contributed by atoms with Crippen LogP contribution in [-0.2, 0) is 11.2 Å². The fourth-order valence-electron chi connectivity index (χ4n) is 2.64. The number of rotatable bonds is 6. The van der Waals surface area contributed by atoms with Gasteiger partial charge in [0.1, 0.15) is 5.75 Å². The van der Waals surface area contributed by atoms with Crippen LogP contribution < -0.4 is 10.1 Å². The molecule has 2 aromatic carbocycles. The molecular weight excluding hydrogens is 340 g/mol. The molecule has 3 rings (SSSR count). The molecule has 128 valence electrons. The number of halogens is 1. The van der Waals surface area contributed by atoms with Crippen molar-refractivity contribution in [2.45, 2.75) is 6.42 Å². The first-order valence-corrected chi connectivity index (χ1v) is 8.18. The topological polar surface area (TPSA) is 71.2 Å². The summed E-state index contributed by atoms with van der Waals surface area (Å²) in [6.45, 7) is 0.367. The van der Waals surface area contributed by atoms with E-state index in [1.807, 2.05) is 24.3 Å². The van der Waals surface area contributed by atoms with Gasteiger partial charge in [0.2, 0.25) is 0 Å². The molecule has 0 fully saturated rings. The van der Waals surface area contributed by atoms with Gasteiger partial charge in [0, 0.05) is 28.7 Å². The number of carbonyl (C=O) groups is 2. The van der Waals surface area contributed by atoms with Gasteiger partial charge in [-0.2, -0.15) is 0 Å². The summed E-state index contributed by atoms with van der Waals surface area (Å²) in [7, 11) is 1.61. The lowest BCUT2D eigenvalue weighted by Gasteiger charge is -2.06. The Morgan fingerprint density at radius 3 is 2.84 bits per heavy atom. The molecule has 1 heterocycles. The molecule has 0 radical (unpaired) electrons. The van der Waals surface area contributed by atoms with Gasteiger partial charge in [-0.25, -0.2) is 0 Å². The van der Waals surface area contributed by atoms with E-state index in [1.54, 1.807) is 25.3 Å². The molecule has 0 aliphatic rings. The fraction of sp³-hybridized carbons (Fsp3) is 0.158. The average Bonchev–Trinajstić information content (AvgIpc) is 3.04. The van der Waals surface area contributed by atoms with Gasteiger partial charge in [-0.1, -0.05) is 29.8 Å². The number of aromatic nitrogens is 1. The molecule has 1 aromatic heterocycles. The molecule has 2 N–H and O–H groups in total. The number of methoxy groups -OCH3 is 1. The summed E-state index contributed by atoms with van der Waals surface area (Å²) in [4.78, 5) is 27.5. The summed E-state index contributed by atoms with van der Waals surface area (Å²) in [5.41, 5.74) is 2.08. The zero-order valence-electron chi connectivity index (χ0n) is 13.6. The molecule has 0 spiro atoms. The monoisotopic (exact) mass is 356 g/mol. The lowest BCUT2D eigenvalue weighted by molar-refractivity contribution is -0.116. The highest BCUT2D eigenvalue weighted by atomic mass is 35.5. The number of fused-ring (bicyclic) bond motifs is 1. The summed E-state index contributed by atoms with van der Waals surface area (Å²) >= 11 is 5.93. The predicted molar refractivity (Wildman–Crippen MR) is 97.3 cm³/mol. The van der Waals surface area contributed by atoms with E-state index in [-0.39, 0.29) is 0 Å². The van der Waals surface area contributed by atoms with E-state index in [1.165, 1.54) is 6.20 Å². The molecule has 0 atom stereocenters. The maximum atomic E-state index is 12.4. The molecular formula is C19H17ClN2O3. The lowest BCUT2D eigenvalue weighted by atomic mass is 10.1. The summed E-state index contributed by atoms with van der Waals surface area (Å²) in [6, 6.07) is 12.7. The van der Waals surface area contributed by atoms with E-state index in [4.69, 9.17) is 16.3 Å². The summed E-state index contributed by atoms with van der Waals surface area (Å²) in [5.74, 6) is -0.435. The number of carbonyl (C=O) groups excluding carboxylic acids is 2. The van der Waals surface area contributed by atoms with Crippen molar-refractivity contribution in [3.05, 3.63) is 64.8 Å². The van der Waals surface area contributed by atoms with Crippen LogP contribution in [0.15, 0.2) is 48.7 Å². The smallest absolute Gasteiger partial charge is 0.292 e. The molecule has 6 heteroatoms. The minimum Gasteiger partial charge on any atom is -0.497 e. The van der Waals surface area contributed by atoms with Crippen LogP contribution in [0.3, 0.4) is 0 Å². The molecule has 5 nitrogen and oxygen atoms in total. The summed E-state index contributed by atoms with van der Waals surface area (Å²) in [6.07, 6.45) is 2.14. The highest BCUT2D eigenvalue weighted by Gasteiger charge is 2.19. The number of amides is 1. The van der Waals surface area contributed by atoms with Crippen molar-refractivity contribution >= 4 is 34.2 Å². The summed E-state index contributed by atoms with van der Waals surface area (Å²) in [5, 5.41) is 3.91. The number of ketones is 1. The standard InChI is InChI=1S/C19H17ClN2O3/c1-25-14-4-2-3-12(9-14)7-8-21-19(24)18(23)16-11-22-17-10-13(20)5-6-15(16)17/h2-6,9-11,22H,7-8H2,1H3,(H,21,24). The van der Waals surface area contributed by atoms with E-state index >= 15 is 0 Å². The van der Waals surface area contributed by atoms with E-state index in [0.29, 0.717) is 28.9 Å². The zero-order chi connectivity index (χ0) is 17.8. The Bertz CT molecular complexity index is 933. The van der Waals surface area contributed by atoms with Crippen LogP contribution in [0.2, 0.25) is 5.02 Å². The number of H-pyrrole nitrogens is 1. The van der Waals surface area contributed by atoms with Crippen LogP contribution >= 0.6 is 11.6 Å². The van der Waals surface area contributed by atoms with Crippen LogP contribution in [0.5, 0.6) is 5.75 Å². The van der Waals surface area contributed by atoms with Crippen molar-refractivity contribution in [2.75, 3.05) is 13.7 Å². The second-order valence-electron chi connectivity index (χ2n) is 5.58. The van der Waals surface area contributed by atoms with Crippen molar-refractivity contribution in [1.82, 2.24) is 10.3 Å². The molecule has 0 unspecified atom stereocenters. The third-order valence-corrected chi connectivity index (χ3v) is 4.16. The normalized spacial score (nSPS) is 10.6. The minimum atomic E-state index is -0.626. The van der Waals surface area contributed by atoms with Gasteiger partial charge in [-0.3, -0.25) is 9.59 Å². The zero-order valence-corrected chi connectivity index (χ0v) is 14.4. The lowest BCUT2D eigenvalue weighted by Crippen LogP contribution is -2.32. The molecule has 0 aliphatic carbocycles. The van der Waals surface area contributed by atoms with Crippen LogP contribution in [0.25, 0.3) is 10.9 Å². The molecule has 0 saturated carbocycles. The first-order chi connectivity index (χ1) is 12.1. The minimum absolute atomic E-state index is 0.338. The second kappa shape index (κ2) is 7.40. The molecule has 1 amide bonds. The third kappa shape index (κ3) is 3.83. The van der Waals surface area contributed by atoms with Gasteiger partial charge in [-0.05, 0) is 36.2 Å². The molecule has 0 saturated heterocycles. The van der Waals surface area contributed by atoms with Crippen LogP contribution in [0, 0.1) is 0 Å². The molecule has 0 aliphatic heterocycles. The number of aromatic amines is 1. The average molecular weight is 357 g/mol. The van der Waals surface area contributed by atoms with E-state index < -0.39 is 11.7 Å². The SMILES string of the molecule is COc1cccc(CCNC(=O)C(=O)c2c[nH]c3cc(Cl)ccc23)c1. The number of benzene rings is 2. The molecule has 3 aromatic rings. The number of ether oxygens (including phenoxy) is 1. The number of hydrogen-bond donors (Lipinski definition) is 2. The largest absolute Gasteiger partial charge is 0.497 e. The van der Waals surface area contributed by atoms with Crippen LogP contribution in [0.1, 0.15) is 15.9 Å². The Hall–Kier alpha value is -2.79. The van der Waals surface area contributed by atoms with Gasteiger partial charge in [0.05, 0.1) is 12.7 Å². The Kier molecular flexibility index (Phi) is 5.05. The molecule has 0 bridgehead atoms. The van der Waals surface area contributed by atoms with Gasteiger partial charge in [-0.15, -0.1) is 0 Å². The first kappa shape index (κ1) is 17.0. The van der Waals surface area contributed by atoms with Gasteiger partial charge < -0.3 is 15.0 Å². The maximum absolute atomic E-state index is 12.4. The van der Waals surface area contributed by atoms with E-state index in [2.05, 4.69) is 10.3 Å². The van der Waals surface area contributed by atoms with Crippen molar-refractivity contribution in [3.63, 3.8) is 0 Å². The maximum Gasteiger partial charge on any atom is 0.292 e. The Balaban J connectivity index is 1.63. The van der Waals surface area contributed by atoms with Crippen molar-refractivity contribution in [1.29, 1.82) is 0 Å². The second-order valence-corrected chi connectivity index (χ2v) is 6.02. The Morgan fingerprint density at radius 2 is 2.04 bits per heavy atom. The van der Waals surface area contributed by atoms with E-state index in [9.17, 15) is 9.59 Å². The third-order valence-electron chi connectivity index (χ3n) is 3.93. The predicted octanol–water partition coefficient (Wildman–Crippen LogP) is 3.37. The van der Waals surface area contributed by atoms with Crippen LogP contribution in [0.4, 0.5) is 0 Å². The summed E-state index contributed by atoms with van der Waals surface area (Å²) < 4.78 is 5.16. The van der Waals surface area contributed by atoms with E-state index in [0.717, 1.165) is 16.8 Å². The first-order valence-electron chi connectivity index (χ1n) is 7.80. The van der Waals surface area contributed by atoms with Crippen molar-refractivity contribution in [3.8, 4) is 5.75 Å². The number of nitrogens with one attached hydrogen (secondary N) is 2. The van der Waals surface area contributed by atoms with Gasteiger partial charge >= 0.3 is 0 Å². The van der Waals surface area contributed by atoms with Gasteiger partial charge in [0.15, 0.2) is 0 Å². The quantitative estimate of drug-likeness (QED) is 0.525. The fourth-order valence-corrected chi connectivity index (χ4v) is 2.81. The molecule has 25 heavy (non-hydrogen) atoms. The highest BCUT2D eigenvalue weighted by Crippen LogP contribution is 2.22. The number of Topliss-reactive ketones (excluding diaryl/α,β-unsaturated/α-hetero) is 1. The van der Waals surface area contributed by atoms with Crippen molar-refractivity contribution < 1.29 is 14.3 Å². The Morgan fingerprint density at radius 1 is 1.20 bits per heavy atom. The van der Waals surface area contributed by atoms with Gasteiger partial charge in [0.25, 0.3) is 11.7 Å². The Labute approximate surface area is 149 Å².